The molecule has 0 aliphatic heterocycles. The van der Waals surface area contributed by atoms with E-state index < -0.39 is 11.6 Å². The molecular weight excluding hydrogens is 726 g/mol. The number of benzene rings is 1. The first-order chi connectivity index (χ1) is 17.5. The third-order valence-electron chi connectivity index (χ3n) is 4.21. The molecule has 0 atom stereocenters. The summed E-state index contributed by atoms with van der Waals surface area (Å²) in [6.07, 6.45) is 4.67. The fourth-order valence-electron chi connectivity index (χ4n) is 2.88. The number of aldehydes is 1. The zero-order chi connectivity index (χ0) is 29.7. The van der Waals surface area contributed by atoms with Crippen molar-refractivity contribution in [3.05, 3.63) is 80.8 Å². The van der Waals surface area contributed by atoms with Crippen LogP contribution < -0.4 is 5.43 Å². The van der Waals surface area contributed by atoms with Crippen molar-refractivity contribution in [3.63, 3.8) is 0 Å². The Kier molecular flexibility index (Phi) is 25.6. The second kappa shape index (κ2) is 23.6. The summed E-state index contributed by atoms with van der Waals surface area (Å²) in [7, 11) is 0. The molecule has 3 nitrogen and oxygen atoms in total. The summed E-state index contributed by atoms with van der Waals surface area (Å²) in [4.78, 5) is 23.2. The van der Waals surface area contributed by atoms with E-state index in [4.69, 9.17) is 0 Å². The van der Waals surface area contributed by atoms with E-state index in [2.05, 4.69) is 26.8 Å². The molecule has 2 aromatic rings. The van der Waals surface area contributed by atoms with E-state index in [0.717, 1.165) is 29.6 Å². The van der Waals surface area contributed by atoms with Gasteiger partial charge >= 0.3 is 0 Å². The summed E-state index contributed by atoms with van der Waals surface area (Å²) in [5, 5.41) is 0. The van der Waals surface area contributed by atoms with Crippen molar-refractivity contribution in [2.75, 3.05) is 0 Å². The molecule has 0 saturated carbocycles. The number of hydrogen-bond donors (Lipinski definition) is 0. The molecule has 38 heavy (non-hydrogen) atoms. The fourth-order valence-corrected chi connectivity index (χ4v) is 2.88. The molecule has 0 saturated heterocycles. The van der Waals surface area contributed by atoms with Gasteiger partial charge in [-0.2, -0.15) is 6.07 Å². The molecule has 1 radical (unpaired) electrons. The second-order valence-corrected chi connectivity index (χ2v) is 8.31. The number of carbonyl (C=O) groups excluding carboxylic acids is 1. The molecule has 0 N–H and O–H groups in total. The number of nitrogens with zero attached hydrogens (tertiary/aromatic N) is 1. The van der Waals surface area contributed by atoms with Gasteiger partial charge in [0.25, 0.3) is 0 Å². The first-order valence-electron chi connectivity index (χ1n) is 13.4. The third-order valence-corrected chi connectivity index (χ3v) is 4.21. The largest absolute Gasteiger partial charge is 0.347 e. The number of rotatable bonds is 6. The first-order valence-corrected chi connectivity index (χ1v) is 13.4. The molecule has 2 rings (SSSR count). The van der Waals surface area contributed by atoms with Crippen molar-refractivity contribution < 1.29 is 13.6 Å². The zero-order valence-electron chi connectivity index (χ0n) is 25.8. The number of carbonyl (C=O) groups is 1. The third kappa shape index (κ3) is 14.7. The van der Waals surface area contributed by atoms with Gasteiger partial charge in [-0.15, -0.1) is 6.07 Å². The molecule has 0 aliphatic rings. The summed E-state index contributed by atoms with van der Waals surface area (Å²) < 4.78 is 29.3. The van der Waals surface area contributed by atoms with Gasteiger partial charge in [-0.1, -0.05) is 98.1 Å². The van der Waals surface area contributed by atoms with E-state index in [-0.39, 0.29) is 16.6 Å². The van der Waals surface area contributed by atoms with Gasteiger partial charge in [0.05, 0.1) is 5.56 Å². The number of halogens is 2. The molecule has 1 aromatic carbocycles. The Morgan fingerprint density at radius 1 is 1.00 bits per heavy atom. The Morgan fingerprint density at radius 2 is 1.50 bits per heavy atom. The van der Waals surface area contributed by atoms with Gasteiger partial charge < -0.3 is 4.57 Å². The Bertz CT molecular complexity index is 1030. The van der Waals surface area contributed by atoms with Crippen molar-refractivity contribution in [1.29, 1.82) is 0 Å². The Morgan fingerprint density at radius 3 is 1.89 bits per heavy atom. The molecule has 1 aromatic heterocycles. The minimum atomic E-state index is -0.758. The van der Waals surface area contributed by atoms with E-state index in [9.17, 15) is 18.4 Å². The monoisotopic (exact) mass is 776 g/mol. The van der Waals surface area contributed by atoms with Crippen LogP contribution in [0.4, 0.5) is 8.78 Å². The molecule has 6 heteroatoms. The number of hydrogen-bond acceptors (Lipinski definition) is 2. The van der Waals surface area contributed by atoms with Gasteiger partial charge in [0.2, 0.25) is 0 Å². The van der Waals surface area contributed by atoms with Crippen LogP contribution in [0, 0.1) is 23.6 Å². The smallest absolute Gasteiger partial charge is 0.192 e. The van der Waals surface area contributed by atoms with E-state index in [1.807, 2.05) is 73.8 Å². The van der Waals surface area contributed by atoms with Gasteiger partial charge in [0.15, 0.2) is 11.7 Å². The minimum Gasteiger partial charge on any atom is -0.347 e. The topological polar surface area (TPSA) is 39.1 Å². The maximum absolute atomic E-state index is 14.3. The number of aromatic nitrogens is 1. The number of allylic oxidation sites excluding steroid dienone is 4. The van der Waals surface area contributed by atoms with Crippen molar-refractivity contribution in [2.45, 2.75) is 103 Å². The van der Waals surface area contributed by atoms with Crippen LogP contribution in [0.25, 0.3) is 11.1 Å². The summed E-state index contributed by atoms with van der Waals surface area (Å²) >= 11 is 0. The van der Waals surface area contributed by atoms with E-state index in [0.29, 0.717) is 24.1 Å². The van der Waals surface area contributed by atoms with E-state index in [1.165, 1.54) is 12.1 Å². The molecular formula is C32H50F2MdNO2-. The normalized spacial score (nSPS) is 9.53. The van der Waals surface area contributed by atoms with Gasteiger partial charge in [0, 0.05) is 36.1 Å². The standard InChI is InChI=1S/C22H22F2NO2.C4H10.3C2H6.Md/c1-5-8-25-12-16(13-26)22(27)11-21(25)15(4)9-19(14(2)3)18-7-6-17(23)10-20(18)24;1-4(2)3;3*1-2;/h7,9-13H,5,8H2,1-4H3;4H,1-3H3;3*1-2H3;/q-1;;;;;/b15-9+;;;;;. The van der Waals surface area contributed by atoms with Crippen molar-refractivity contribution in [2.24, 2.45) is 5.92 Å². The molecule has 0 aliphatic carbocycles. The maximum atomic E-state index is 14.3. The Balaban J connectivity index is -0.000000462. The van der Waals surface area contributed by atoms with E-state index >= 15 is 0 Å². The zero-order valence-corrected chi connectivity index (χ0v) is 28.1. The molecule has 223 valence electrons. The van der Waals surface area contributed by atoms with Gasteiger partial charge in [-0.3, -0.25) is 9.59 Å². The van der Waals surface area contributed by atoms with Crippen LogP contribution in [-0.4, -0.2) is 10.9 Å². The van der Waals surface area contributed by atoms with Crippen LogP contribution in [0.1, 0.15) is 118 Å². The Hall–Kier alpha value is -3.82. The van der Waals surface area contributed by atoms with Gasteiger partial charge in [0.1, 0.15) is 0 Å². The predicted molar refractivity (Wildman–Crippen MR) is 158 cm³/mol. The summed E-state index contributed by atoms with van der Waals surface area (Å²) in [5.41, 5.74) is 2.79. The molecule has 0 amide bonds. The van der Waals surface area contributed by atoms with Gasteiger partial charge in [-0.05, 0) is 38.7 Å². The van der Waals surface area contributed by atoms with Crippen LogP contribution in [0.15, 0.2) is 40.8 Å². The first kappa shape index (κ1) is 41.3. The molecule has 1 heterocycles. The second-order valence-electron chi connectivity index (χ2n) is 8.31. The summed E-state index contributed by atoms with van der Waals surface area (Å²) in [6, 6.07) is 5.88. The SMILES string of the molecule is CC.CC.CC.CC(C)C.CCCn1cc(C=O)c(=O)cc1/C(C)=C/C(=C(C)C)c1c[c-]c(F)cc1F.[Md]. The minimum absolute atomic E-state index is 0. The molecule has 0 spiro atoms. The van der Waals surface area contributed by atoms with Crippen molar-refractivity contribution in [1.82, 2.24) is 4.57 Å². The van der Waals surface area contributed by atoms with Crippen molar-refractivity contribution in [3.8, 4) is 0 Å². The summed E-state index contributed by atoms with van der Waals surface area (Å²) in [5.74, 6) is -0.597. The molecule has 0 unspecified atom stereocenters. The summed E-state index contributed by atoms with van der Waals surface area (Å²) in [6.45, 7) is 26.6. The molecule has 0 fully saturated rings. The Labute approximate surface area is 225 Å². The predicted octanol–water partition coefficient (Wildman–Crippen LogP) is 9.79. The quantitative estimate of drug-likeness (QED) is 0.167. The fraction of sp³-hybridized carbons (Fsp3) is 0.500. The van der Waals surface area contributed by atoms with Crippen LogP contribution in [0.3, 0.4) is 0 Å². The number of aryl methyl sites for hydroxylation is 1. The van der Waals surface area contributed by atoms with Crippen LogP contribution in [-0.2, 0) is 6.54 Å². The van der Waals surface area contributed by atoms with Crippen LogP contribution >= 0.6 is 0 Å². The number of pyridine rings is 1. The molecule has 0 bridgehead atoms. The van der Waals surface area contributed by atoms with Crippen LogP contribution in [0.5, 0.6) is 0 Å². The van der Waals surface area contributed by atoms with Crippen molar-refractivity contribution >= 4 is 17.4 Å². The van der Waals surface area contributed by atoms with E-state index in [1.54, 1.807) is 12.3 Å². The van der Waals surface area contributed by atoms with Gasteiger partial charge in [-0.25, -0.2) is 8.78 Å². The maximum Gasteiger partial charge on any atom is 0.192 e. The van der Waals surface area contributed by atoms with Crippen LogP contribution in [0.2, 0.25) is 0 Å². The average Bonchev–Trinajstić information content (AvgIpc) is 2.87. The average molecular weight is 777 g/mol.